The Morgan fingerprint density at radius 1 is 1.07 bits per heavy atom. The van der Waals surface area contributed by atoms with Crippen LogP contribution in [-0.4, -0.2) is 63.6 Å². The molecule has 3 aromatic carbocycles. The van der Waals surface area contributed by atoms with Gasteiger partial charge in [-0.05, 0) is 60.1 Å². The van der Waals surface area contributed by atoms with E-state index >= 15 is 4.79 Å². The van der Waals surface area contributed by atoms with Crippen LogP contribution in [-0.2, 0) is 19.1 Å². The minimum atomic E-state index is -0.913. The number of aliphatic hydroxyl groups is 1. The van der Waals surface area contributed by atoms with Crippen LogP contribution < -0.4 is 4.90 Å². The van der Waals surface area contributed by atoms with Crippen molar-refractivity contribution >= 4 is 46.0 Å². The largest absolute Gasteiger partial charge is 0.465 e. The van der Waals surface area contributed by atoms with Gasteiger partial charge in [0, 0.05) is 17.5 Å². The van der Waals surface area contributed by atoms with Crippen molar-refractivity contribution in [2.24, 2.45) is 17.8 Å². The zero-order valence-corrected chi connectivity index (χ0v) is 27.1. The van der Waals surface area contributed by atoms with Crippen LogP contribution in [0.5, 0.6) is 0 Å². The summed E-state index contributed by atoms with van der Waals surface area (Å²) in [6.07, 6.45) is 6.68. The van der Waals surface area contributed by atoms with Crippen LogP contribution in [0.2, 0.25) is 0 Å². The molecular formula is C38H42N2O5S. The van der Waals surface area contributed by atoms with Crippen molar-refractivity contribution in [3.63, 3.8) is 0 Å². The molecule has 3 aliphatic rings. The summed E-state index contributed by atoms with van der Waals surface area (Å²) in [5.41, 5.74) is 1.44. The molecule has 2 amide bonds. The van der Waals surface area contributed by atoms with E-state index in [4.69, 9.17) is 4.74 Å². The Labute approximate surface area is 275 Å². The zero-order valence-electron chi connectivity index (χ0n) is 26.3. The molecule has 240 valence electrons. The summed E-state index contributed by atoms with van der Waals surface area (Å²) >= 11 is 1.61. The van der Waals surface area contributed by atoms with Crippen LogP contribution >= 0.6 is 11.8 Å². The average molecular weight is 639 g/mol. The van der Waals surface area contributed by atoms with E-state index in [1.165, 1.54) is 0 Å². The van der Waals surface area contributed by atoms with Gasteiger partial charge in [0.2, 0.25) is 5.91 Å². The highest BCUT2D eigenvalue weighted by atomic mass is 32.2. The molecular weight excluding hydrogens is 596 g/mol. The van der Waals surface area contributed by atoms with Gasteiger partial charge in [-0.2, -0.15) is 0 Å². The number of rotatable bonds is 13. The predicted molar refractivity (Wildman–Crippen MR) is 183 cm³/mol. The molecule has 2 bridgehead atoms. The zero-order chi connectivity index (χ0) is 32.4. The second-order valence-corrected chi connectivity index (χ2v) is 14.2. The summed E-state index contributed by atoms with van der Waals surface area (Å²) < 4.78 is 4.94. The second-order valence-electron chi connectivity index (χ2n) is 12.6. The third-order valence-electron chi connectivity index (χ3n) is 10.1. The Morgan fingerprint density at radius 3 is 2.52 bits per heavy atom. The number of carbonyl (C=O) groups is 3. The predicted octanol–water partition coefficient (Wildman–Crippen LogP) is 6.33. The highest BCUT2D eigenvalue weighted by molar-refractivity contribution is 8.02. The van der Waals surface area contributed by atoms with Crippen molar-refractivity contribution in [2.75, 3.05) is 24.7 Å². The lowest BCUT2D eigenvalue weighted by atomic mass is 9.66. The first-order valence-corrected chi connectivity index (χ1v) is 17.1. The maximum atomic E-state index is 15.2. The Morgan fingerprint density at radius 2 is 1.80 bits per heavy atom. The summed E-state index contributed by atoms with van der Waals surface area (Å²) in [5, 5.41) is 12.8. The highest BCUT2D eigenvalue weighted by Gasteiger charge is 2.77. The van der Waals surface area contributed by atoms with Gasteiger partial charge in [0.25, 0.3) is 5.91 Å². The summed E-state index contributed by atoms with van der Waals surface area (Å²) in [6, 6.07) is 21.6. The molecule has 6 rings (SSSR count). The van der Waals surface area contributed by atoms with Crippen molar-refractivity contribution in [3.05, 3.63) is 104 Å². The van der Waals surface area contributed by atoms with E-state index in [-0.39, 0.29) is 48.7 Å². The molecule has 3 aliphatic heterocycles. The smallest absolute Gasteiger partial charge is 0.310 e. The highest BCUT2D eigenvalue weighted by Crippen LogP contribution is 2.69. The van der Waals surface area contributed by atoms with Crippen LogP contribution in [0, 0.1) is 17.8 Å². The van der Waals surface area contributed by atoms with Gasteiger partial charge in [0.1, 0.15) is 6.04 Å². The number of nitrogens with zero attached hydrogens (tertiary/aromatic N) is 2. The number of hydrogen-bond acceptors (Lipinski definition) is 6. The lowest BCUT2D eigenvalue weighted by Gasteiger charge is -2.42. The molecule has 7 nitrogen and oxygen atoms in total. The standard InChI is InChI=1S/C38H42N2O5S/c1-4-6-7-13-21-45-37(44)32-31-22-25(3)38(46-31)33(32)35(42)40(30(24-41)27-15-9-8-10-16-27)34(38)36(43)39(20-5-2)29-19-18-26-14-11-12-17-28(26)23-29/h4-5,8-12,14-19,23,25,30-34,41H,1-2,6-7,13,20-22,24H2,3H3/t25?,30-,31-,32+,33+,34?,38?/m1/s1. The Bertz CT molecular complexity index is 1630. The topological polar surface area (TPSA) is 87.1 Å². The minimum absolute atomic E-state index is 0.0238. The molecule has 0 radical (unpaired) electrons. The number of allylic oxidation sites excluding steroid dienone is 1. The van der Waals surface area contributed by atoms with Crippen molar-refractivity contribution in [1.29, 1.82) is 0 Å². The van der Waals surface area contributed by atoms with E-state index in [9.17, 15) is 14.7 Å². The number of benzene rings is 3. The van der Waals surface area contributed by atoms with Crippen molar-refractivity contribution in [2.45, 2.75) is 54.7 Å². The number of carbonyl (C=O) groups excluding carboxylic acids is 3. The number of unbranched alkanes of at least 4 members (excludes halogenated alkanes) is 2. The first-order chi connectivity index (χ1) is 22.4. The number of hydrogen-bond donors (Lipinski definition) is 1. The van der Waals surface area contributed by atoms with E-state index in [2.05, 4.69) is 20.1 Å². The van der Waals surface area contributed by atoms with Gasteiger partial charge in [-0.25, -0.2) is 0 Å². The molecule has 3 aromatic rings. The Hall–Kier alpha value is -3.88. The molecule has 0 aromatic heterocycles. The number of ether oxygens (including phenoxy) is 1. The maximum Gasteiger partial charge on any atom is 0.310 e. The first-order valence-electron chi connectivity index (χ1n) is 16.2. The van der Waals surface area contributed by atoms with Crippen LogP contribution in [0.1, 0.15) is 44.2 Å². The van der Waals surface area contributed by atoms with Crippen LogP contribution in [0.15, 0.2) is 98.1 Å². The fraction of sp³-hybridized carbons (Fsp3) is 0.395. The Balaban J connectivity index is 1.43. The summed E-state index contributed by atoms with van der Waals surface area (Å²) in [6.45, 7) is 9.97. The molecule has 3 saturated heterocycles. The molecule has 3 unspecified atom stereocenters. The second kappa shape index (κ2) is 13.5. The molecule has 1 spiro atoms. The molecule has 46 heavy (non-hydrogen) atoms. The van der Waals surface area contributed by atoms with Gasteiger partial charge >= 0.3 is 5.97 Å². The lowest BCUT2D eigenvalue weighted by molar-refractivity contribution is -0.155. The van der Waals surface area contributed by atoms with E-state index in [1.807, 2.05) is 78.9 Å². The summed E-state index contributed by atoms with van der Waals surface area (Å²) in [7, 11) is 0. The number of fused-ring (bicyclic) bond motifs is 2. The molecule has 0 aliphatic carbocycles. The van der Waals surface area contributed by atoms with Gasteiger partial charge < -0.3 is 19.6 Å². The fourth-order valence-corrected chi connectivity index (χ4v) is 10.4. The molecule has 1 N–H and O–H groups in total. The van der Waals surface area contributed by atoms with Crippen molar-refractivity contribution in [1.82, 2.24) is 4.90 Å². The van der Waals surface area contributed by atoms with Gasteiger partial charge in [0.15, 0.2) is 0 Å². The van der Waals surface area contributed by atoms with Crippen molar-refractivity contribution < 1.29 is 24.2 Å². The lowest BCUT2D eigenvalue weighted by Crippen LogP contribution is -2.58. The molecule has 0 saturated carbocycles. The van der Waals surface area contributed by atoms with Gasteiger partial charge in [-0.15, -0.1) is 24.9 Å². The number of thioether (sulfide) groups is 1. The van der Waals surface area contributed by atoms with Crippen LogP contribution in [0.4, 0.5) is 5.69 Å². The number of aliphatic hydroxyl groups excluding tert-OH is 1. The van der Waals surface area contributed by atoms with Gasteiger partial charge in [-0.1, -0.05) is 79.7 Å². The van der Waals surface area contributed by atoms with Crippen LogP contribution in [0.25, 0.3) is 10.8 Å². The van der Waals surface area contributed by atoms with Gasteiger partial charge in [-0.3, -0.25) is 14.4 Å². The third-order valence-corrected chi connectivity index (χ3v) is 12.1. The van der Waals surface area contributed by atoms with Crippen LogP contribution in [0.3, 0.4) is 0 Å². The number of esters is 1. The maximum absolute atomic E-state index is 15.2. The third kappa shape index (κ3) is 5.35. The Kier molecular flexibility index (Phi) is 9.39. The molecule has 8 heteroatoms. The summed E-state index contributed by atoms with van der Waals surface area (Å²) in [5.74, 6) is -2.29. The number of likely N-dealkylation sites (tertiary alicyclic amines) is 1. The molecule has 3 heterocycles. The molecule has 3 fully saturated rings. The normalized spacial score (nSPS) is 27.0. The molecule has 7 atom stereocenters. The first kappa shape index (κ1) is 32.1. The van der Waals surface area contributed by atoms with E-state index in [0.29, 0.717) is 12.1 Å². The summed E-state index contributed by atoms with van der Waals surface area (Å²) in [4.78, 5) is 47.0. The average Bonchev–Trinajstić information content (AvgIpc) is 3.67. The van der Waals surface area contributed by atoms with E-state index in [0.717, 1.165) is 35.6 Å². The van der Waals surface area contributed by atoms with E-state index in [1.54, 1.807) is 27.6 Å². The van der Waals surface area contributed by atoms with Crippen molar-refractivity contribution in [3.8, 4) is 0 Å². The number of amides is 2. The monoisotopic (exact) mass is 638 g/mol. The van der Waals surface area contributed by atoms with E-state index < -0.39 is 28.7 Å². The van der Waals surface area contributed by atoms with Gasteiger partial charge in [0.05, 0.1) is 35.8 Å². The minimum Gasteiger partial charge on any atom is -0.465 e. The SMILES string of the molecule is C=CCCCCOC(=O)[C@@H]1[C@H]2C(=O)N([C@H](CO)c3ccccc3)C(C(=O)N(CC=C)c3ccc4ccccc4c3)C23S[C@@H]1CC3C. The quantitative estimate of drug-likeness (QED) is 0.134. The number of anilines is 1. The fourth-order valence-electron chi connectivity index (χ4n) is 7.98.